The Kier molecular flexibility index (Phi) is 3.41. The van der Waals surface area contributed by atoms with E-state index in [0.717, 1.165) is 0 Å². The maximum Gasteiger partial charge on any atom is 0.263 e. The van der Waals surface area contributed by atoms with E-state index >= 15 is 0 Å². The molecule has 2 rings (SSSR count). The number of halogens is 1. The lowest BCUT2D eigenvalue weighted by Gasteiger charge is -2.08. The predicted octanol–water partition coefficient (Wildman–Crippen LogP) is 2.89. The van der Waals surface area contributed by atoms with Crippen LogP contribution in [0.4, 0.5) is 11.4 Å². The summed E-state index contributed by atoms with van der Waals surface area (Å²) in [6.45, 7) is 0. The molecule has 17 heavy (non-hydrogen) atoms. The molecule has 0 atom stereocenters. The van der Waals surface area contributed by atoms with E-state index in [4.69, 9.17) is 5.73 Å². The zero-order chi connectivity index (χ0) is 12.5. The molecule has 0 amide bonds. The Morgan fingerprint density at radius 2 is 2.06 bits per heavy atom. The molecule has 0 spiro atoms. The molecule has 0 unspecified atom stereocenters. The van der Waals surface area contributed by atoms with Gasteiger partial charge in [0.05, 0.1) is 5.69 Å². The zero-order valence-corrected chi connectivity index (χ0v) is 11.8. The summed E-state index contributed by atoms with van der Waals surface area (Å²) < 4.78 is 27.1. The lowest BCUT2D eigenvalue weighted by Crippen LogP contribution is -2.13. The van der Waals surface area contributed by atoms with E-state index in [2.05, 4.69) is 20.7 Å². The van der Waals surface area contributed by atoms with Gasteiger partial charge in [-0.2, -0.15) is 11.3 Å². The number of hydrogen-bond acceptors (Lipinski definition) is 4. The van der Waals surface area contributed by atoms with Crippen LogP contribution in [-0.4, -0.2) is 8.42 Å². The molecule has 90 valence electrons. The summed E-state index contributed by atoms with van der Waals surface area (Å²) in [6.07, 6.45) is 0. The van der Waals surface area contributed by atoms with Crippen LogP contribution < -0.4 is 10.5 Å². The van der Waals surface area contributed by atoms with Crippen LogP contribution in [0.2, 0.25) is 0 Å². The van der Waals surface area contributed by atoms with E-state index < -0.39 is 10.0 Å². The Hall–Kier alpha value is -1.05. The third kappa shape index (κ3) is 2.80. The van der Waals surface area contributed by atoms with E-state index in [1.807, 2.05) is 0 Å². The number of nitrogens with one attached hydrogen (secondary N) is 1. The third-order valence-electron chi connectivity index (χ3n) is 2.02. The van der Waals surface area contributed by atoms with Gasteiger partial charge in [0.1, 0.15) is 4.90 Å². The highest BCUT2D eigenvalue weighted by Gasteiger charge is 2.18. The van der Waals surface area contributed by atoms with Crippen molar-refractivity contribution < 1.29 is 8.42 Å². The van der Waals surface area contributed by atoms with Gasteiger partial charge in [0.25, 0.3) is 10.0 Å². The highest BCUT2D eigenvalue weighted by Crippen LogP contribution is 2.26. The lowest BCUT2D eigenvalue weighted by molar-refractivity contribution is 0.601. The number of rotatable bonds is 3. The van der Waals surface area contributed by atoms with Crippen molar-refractivity contribution in [3.05, 3.63) is 39.5 Å². The van der Waals surface area contributed by atoms with Crippen molar-refractivity contribution in [1.82, 2.24) is 0 Å². The van der Waals surface area contributed by atoms with Crippen molar-refractivity contribution >= 4 is 48.7 Å². The second-order valence-corrected chi connectivity index (χ2v) is 6.59. The zero-order valence-electron chi connectivity index (χ0n) is 8.55. The summed E-state index contributed by atoms with van der Waals surface area (Å²) in [4.78, 5) is 0.128. The molecule has 7 heteroatoms. The minimum atomic E-state index is -3.61. The fourth-order valence-corrected chi connectivity index (χ4v) is 3.97. The number of nitrogen functional groups attached to an aromatic ring is 1. The normalized spacial score (nSPS) is 11.4. The number of sulfonamides is 1. The Balaban J connectivity index is 2.41. The quantitative estimate of drug-likeness (QED) is 0.849. The number of anilines is 2. The van der Waals surface area contributed by atoms with E-state index in [1.165, 1.54) is 17.4 Å². The molecular formula is C10H9BrN2O2S2. The van der Waals surface area contributed by atoms with Crippen LogP contribution >= 0.6 is 27.3 Å². The molecule has 4 nitrogen and oxygen atoms in total. The predicted molar refractivity (Wildman–Crippen MR) is 73.7 cm³/mol. The first kappa shape index (κ1) is 12.4. The molecule has 0 radical (unpaired) electrons. The molecule has 1 heterocycles. The van der Waals surface area contributed by atoms with Crippen LogP contribution in [0.15, 0.2) is 44.4 Å². The number of hydrogen-bond donors (Lipinski definition) is 2. The molecule has 0 saturated carbocycles. The summed E-state index contributed by atoms with van der Waals surface area (Å²) in [5.41, 5.74) is 6.53. The molecule has 0 fully saturated rings. The van der Waals surface area contributed by atoms with E-state index in [0.29, 0.717) is 15.8 Å². The van der Waals surface area contributed by atoms with Gasteiger partial charge in [-0.25, -0.2) is 8.42 Å². The van der Waals surface area contributed by atoms with Gasteiger partial charge >= 0.3 is 0 Å². The van der Waals surface area contributed by atoms with E-state index in [1.54, 1.807) is 29.0 Å². The number of benzene rings is 1. The second-order valence-electron chi connectivity index (χ2n) is 3.31. The summed E-state index contributed by atoms with van der Waals surface area (Å²) in [6, 6.07) is 6.35. The van der Waals surface area contributed by atoms with Crippen LogP contribution in [0.1, 0.15) is 0 Å². The molecule has 0 saturated heterocycles. The van der Waals surface area contributed by atoms with Crippen LogP contribution in [-0.2, 0) is 10.0 Å². The Bertz CT molecular complexity index is 624. The second kappa shape index (κ2) is 4.67. The first-order valence-corrected chi connectivity index (χ1v) is 7.81. The average molecular weight is 333 g/mol. The highest BCUT2D eigenvalue weighted by atomic mass is 79.9. The van der Waals surface area contributed by atoms with Crippen molar-refractivity contribution in [3.63, 3.8) is 0 Å². The maximum absolute atomic E-state index is 12.1. The molecule has 1 aromatic heterocycles. The topological polar surface area (TPSA) is 72.2 Å². The number of thiophene rings is 1. The fourth-order valence-electron chi connectivity index (χ4n) is 1.26. The average Bonchev–Trinajstić information content (AvgIpc) is 2.73. The standard InChI is InChI=1S/C10H9BrN2O2S2/c11-9-2-1-7(12)5-10(9)17(14,15)13-8-3-4-16-6-8/h1-6,13H,12H2. The minimum absolute atomic E-state index is 0.128. The van der Waals surface area contributed by atoms with Gasteiger partial charge in [-0.1, -0.05) is 0 Å². The fraction of sp³-hybridized carbons (Fsp3) is 0. The van der Waals surface area contributed by atoms with Crippen LogP contribution in [0.25, 0.3) is 0 Å². The molecule has 3 N–H and O–H groups in total. The van der Waals surface area contributed by atoms with E-state index in [9.17, 15) is 8.42 Å². The molecular weight excluding hydrogens is 324 g/mol. The monoisotopic (exact) mass is 332 g/mol. The first-order chi connectivity index (χ1) is 7.99. The van der Waals surface area contributed by atoms with Crippen LogP contribution in [0.5, 0.6) is 0 Å². The molecule has 1 aromatic carbocycles. The van der Waals surface area contributed by atoms with E-state index in [-0.39, 0.29) is 4.90 Å². The van der Waals surface area contributed by atoms with Gasteiger partial charge in [-0.15, -0.1) is 0 Å². The van der Waals surface area contributed by atoms with Gasteiger partial charge < -0.3 is 5.73 Å². The number of nitrogens with two attached hydrogens (primary N) is 1. The van der Waals surface area contributed by atoms with Gasteiger partial charge in [0.2, 0.25) is 0 Å². The Morgan fingerprint density at radius 1 is 1.29 bits per heavy atom. The third-order valence-corrected chi connectivity index (χ3v) is 5.08. The van der Waals surface area contributed by atoms with Crippen LogP contribution in [0, 0.1) is 0 Å². The molecule has 0 bridgehead atoms. The summed E-state index contributed by atoms with van der Waals surface area (Å²) >= 11 is 4.62. The van der Waals surface area contributed by atoms with Crippen LogP contribution in [0.3, 0.4) is 0 Å². The largest absolute Gasteiger partial charge is 0.399 e. The molecule has 0 aliphatic carbocycles. The van der Waals surface area contributed by atoms with Crippen molar-refractivity contribution in [3.8, 4) is 0 Å². The highest BCUT2D eigenvalue weighted by molar-refractivity contribution is 9.10. The Morgan fingerprint density at radius 3 is 2.71 bits per heavy atom. The van der Waals surface area contributed by atoms with Crippen molar-refractivity contribution in [2.75, 3.05) is 10.5 Å². The molecule has 0 aliphatic heterocycles. The van der Waals surface area contributed by atoms with Gasteiger partial charge in [0.15, 0.2) is 0 Å². The molecule has 0 aliphatic rings. The van der Waals surface area contributed by atoms with Crippen molar-refractivity contribution in [2.24, 2.45) is 0 Å². The smallest absolute Gasteiger partial charge is 0.263 e. The summed E-state index contributed by atoms with van der Waals surface area (Å²) in [5.74, 6) is 0. The summed E-state index contributed by atoms with van der Waals surface area (Å²) in [5, 5.41) is 3.52. The first-order valence-electron chi connectivity index (χ1n) is 4.59. The Labute approximate surface area is 112 Å². The van der Waals surface area contributed by atoms with Crippen molar-refractivity contribution in [2.45, 2.75) is 4.90 Å². The lowest BCUT2D eigenvalue weighted by atomic mass is 10.3. The SMILES string of the molecule is Nc1ccc(Br)c(S(=O)(=O)Nc2ccsc2)c1. The minimum Gasteiger partial charge on any atom is -0.399 e. The summed E-state index contributed by atoms with van der Waals surface area (Å²) in [7, 11) is -3.61. The maximum atomic E-state index is 12.1. The van der Waals surface area contributed by atoms with Gasteiger partial charge in [-0.05, 0) is 45.6 Å². The van der Waals surface area contributed by atoms with Gasteiger partial charge in [0, 0.05) is 15.5 Å². The van der Waals surface area contributed by atoms with Crippen molar-refractivity contribution in [1.29, 1.82) is 0 Å². The molecule has 2 aromatic rings. The van der Waals surface area contributed by atoms with Gasteiger partial charge in [-0.3, -0.25) is 4.72 Å².